The maximum absolute atomic E-state index is 2.90. The van der Waals surface area contributed by atoms with Gasteiger partial charge in [-0.15, -0.1) is 0 Å². The molecule has 3 aliphatic rings. The fraction of sp³-hybridized carbons (Fsp3) is 1.00. The van der Waals surface area contributed by atoms with Crippen molar-refractivity contribution in [1.82, 2.24) is 0 Å². The van der Waals surface area contributed by atoms with Crippen molar-refractivity contribution in [3.8, 4) is 0 Å². The van der Waals surface area contributed by atoms with Crippen LogP contribution < -0.4 is 0 Å². The molecule has 0 heterocycles. The van der Waals surface area contributed by atoms with Gasteiger partial charge in [0.05, 0.1) is 51.9 Å². The minimum absolute atomic E-state index is 0.596. The van der Waals surface area contributed by atoms with Gasteiger partial charge < -0.3 is 0 Å². The lowest BCUT2D eigenvalue weighted by Crippen LogP contribution is -2.46. The first-order valence-electron chi connectivity index (χ1n) is 18.0. The average Bonchev–Trinajstić information content (AvgIpc) is 2.92. The van der Waals surface area contributed by atoms with Gasteiger partial charge in [-0.25, -0.2) is 0 Å². The van der Waals surface area contributed by atoms with E-state index in [2.05, 4.69) is 61.5 Å². The van der Waals surface area contributed by atoms with Gasteiger partial charge in [0.2, 0.25) is 0 Å². The van der Waals surface area contributed by atoms with Crippen molar-refractivity contribution in [3.05, 3.63) is 0 Å². The second kappa shape index (κ2) is 15.3. The fourth-order valence-electron chi connectivity index (χ4n) is 9.99. The van der Waals surface area contributed by atoms with Gasteiger partial charge in [0, 0.05) is 48.2 Å². The second-order valence-corrected chi connectivity index (χ2v) is 31.6. The molecule has 2 unspecified atom stereocenters. The van der Waals surface area contributed by atoms with Gasteiger partial charge in [-0.2, -0.15) is 0 Å². The molecule has 0 saturated heterocycles. The highest BCUT2D eigenvalue weighted by Crippen LogP contribution is 2.84. The van der Waals surface area contributed by atoms with E-state index in [1.54, 1.807) is 95.8 Å². The van der Waals surface area contributed by atoms with Crippen LogP contribution in [0.25, 0.3) is 0 Å². The molecule has 39 heavy (non-hydrogen) atoms. The molecule has 230 valence electrons. The van der Waals surface area contributed by atoms with Crippen LogP contribution in [0.2, 0.25) is 0 Å². The van der Waals surface area contributed by atoms with E-state index in [1.807, 2.05) is 0 Å². The van der Waals surface area contributed by atoms with Crippen LogP contribution in [-0.2, 0) is 0 Å². The van der Waals surface area contributed by atoms with Crippen LogP contribution in [0.15, 0.2) is 0 Å². The highest BCUT2D eigenvalue weighted by atomic mass is 31.2. The molecule has 0 nitrogen and oxygen atoms in total. The Labute approximate surface area is 250 Å². The topological polar surface area (TPSA) is 0 Å². The molecule has 0 bridgehead atoms. The monoisotopic (exact) mass is 599 g/mol. The van der Waals surface area contributed by atoms with Crippen molar-refractivity contribution in [2.24, 2.45) is 0 Å². The van der Waals surface area contributed by atoms with Gasteiger partial charge >= 0.3 is 0 Å². The number of hydrogen-bond donors (Lipinski definition) is 0. The molecule has 0 N–H and O–H groups in total. The van der Waals surface area contributed by atoms with Gasteiger partial charge in [-0.1, -0.05) is 19.3 Å². The molecule has 3 fully saturated rings. The Bertz CT molecular complexity index is 643. The second-order valence-electron chi connectivity index (χ2n) is 16.5. The van der Waals surface area contributed by atoms with Crippen molar-refractivity contribution in [2.45, 2.75) is 191 Å². The summed E-state index contributed by atoms with van der Waals surface area (Å²) >= 11 is 0. The van der Waals surface area contributed by atoms with E-state index in [0.29, 0.717) is 5.16 Å². The van der Waals surface area contributed by atoms with Crippen LogP contribution in [0.1, 0.15) is 157 Å². The number of rotatable bonds is 14. The van der Waals surface area contributed by atoms with Gasteiger partial charge in [0.15, 0.2) is 0 Å². The SMILES string of the molecule is CC[P+](CCCC(C)[P+](C)(C)C)(CCC(C)(C)[P+](C1CCCCC1)(C1CCCCC1)C1CCCCC1)C(C)C. The largest absolute Gasteiger partial charge is 0.0786 e. The summed E-state index contributed by atoms with van der Waals surface area (Å²) in [6.45, 7) is 23.9. The average molecular weight is 600 g/mol. The molecule has 0 radical (unpaired) electrons. The summed E-state index contributed by atoms with van der Waals surface area (Å²) in [4.78, 5) is 0. The Morgan fingerprint density at radius 1 is 0.641 bits per heavy atom. The summed E-state index contributed by atoms with van der Waals surface area (Å²) < 4.78 is 0. The van der Waals surface area contributed by atoms with Gasteiger partial charge in [-0.05, 0) is 131 Å². The van der Waals surface area contributed by atoms with Crippen molar-refractivity contribution in [1.29, 1.82) is 0 Å². The minimum Gasteiger partial charge on any atom is -0.0530 e. The molecule has 0 amide bonds. The fourth-order valence-corrected chi connectivity index (χ4v) is 24.5. The summed E-state index contributed by atoms with van der Waals surface area (Å²) in [6.07, 6.45) is 32.8. The smallest absolute Gasteiger partial charge is 0.0530 e. The van der Waals surface area contributed by atoms with E-state index in [4.69, 9.17) is 0 Å². The lowest BCUT2D eigenvalue weighted by atomic mass is 9.98. The standard InChI is InChI=1S/C36H74P3/c1-10-38(31(2)3,29-20-21-32(4)37(7,8)9)30-28-36(5,6)39(33-22-14-11-15-23-33,34-24-16-12-17-25-34)35-26-18-13-19-27-35/h31-35H,10-30H2,1-9H3/q+3. The zero-order chi connectivity index (χ0) is 28.7. The lowest BCUT2D eigenvalue weighted by Gasteiger charge is -2.56. The first-order valence-corrected chi connectivity index (χ1v) is 25.6. The minimum atomic E-state index is -1.09. The normalized spacial score (nSPS) is 24.2. The summed E-state index contributed by atoms with van der Waals surface area (Å²) in [5.41, 5.74) is 5.24. The number of hydrogen-bond acceptors (Lipinski definition) is 0. The predicted molar refractivity (Wildman–Crippen MR) is 192 cm³/mol. The zero-order valence-corrected chi connectivity index (χ0v) is 31.3. The van der Waals surface area contributed by atoms with E-state index in [9.17, 15) is 0 Å². The first-order chi connectivity index (χ1) is 18.4. The Balaban J connectivity index is 1.91. The van der Waals surface area contributed by atoms with Gasteiger partial charge in [0.25, 0.3) is 0 Å². The Kier molecular flexibility index (Phi) is 13.7. The van der Waals surface area contributed by atoms with Crippen molar-refractivity contribution >= 4 is 21.8 Å². The van der Waals surface area contributed by atoms with E-state index >= 15 is 0 Å². The molecule has 3 heteroatoms. The molecule has 0 aromatic rings. The molecule has 0 aromatic carbocycles. The first kappa shape index (κ1) is 34.8. The molecule has 0 spiro atoms. The van der Waals surface area contributed by atoms with E-state index in [-0.39, 0.29) is 0 Å². The van der Waals surface area contributed by atoms with Crippen molar-refractivity contribution < 1.29 is 0 Å². The quantitative estimate of drug-likeness (QED) is 0.174. The van der Waals surface area contributed by atoms with Crippen LogP contribution >= 0.6 is 21.8 Å². The maximum atomic E-state index is 2.90. The molecule has 3 aliphatic carbocycles. The Hall–Kier alpha value is 1.29. The molecule has 3 saturated carbocycles. The Morgan fingerprint density at radius 2 is 1.05 bits per heavy atom. The Morgan fingerprint density at radius 3 is 1.38 bits per heavy atom. The molecule has 2 atom stereocenters. The van der Waals surface area contributed by atoms with Crippen LogP contribution in [0, 0.1) is 0 Å². The van der Waals surface area contributed by atoms with Crippen molar-refractivity contribution in [2.75, 3.05) is 38.5 Å². The predicted octanol–water partition coefficient (Wildman–Crippen LogP) is 12.7. The summed E-state index contributed by atoms with van der Waals surface area (Å²) in [7, 11) is -2.72. The van der Waals surface area contributed by atoms with E-state index < -0.39 is 21.8 Å². The third kappa shape index (κ3) is 8.27. The van der Waals surface area contributed by atoms with E-state index in [1.165, 1.54) is 38.3 Å². The highest BCUT2D eigenvalue weighted by Gasteiger charge is 2.65. The molecular weight excluding hydrogens is 525 g/mol. The van der Waals surface area contributed by atoms with Crippen molar-refractivity contribution in [3.63, 3.8) is 0 Å². The van der Waals surface area contributed by atoms with Crippen LogP contribution in [0.5, 0.6) is 0 Å². The summed E-state index contributed by atoms with van der Waals surface area (Å²) in [5.74, 6) is 0. The van der Waals surface area contributed by atoms with Crippen LogP contribution in [0.4, 0.5) is 0 Å². The molecule has 0 aromatic heterocycles. The van der Waals surface area contributed by atoms with Crippen LogP contribution in [-0.4, -0.2) is 71.9 Å². The van der Waals surface area contributed by atoms with Gasteiger partial charge in [0.1, 0.15) is 0 Å². The van der Waals surface area contributed by atoms with Gasteiger partial charge in [-0.3, -0.25) is 0 Å². The van der Waals surface area contributed by atoms with E-state index in [0.717, 1.165) is 28.3 Å². The molecule has 3 rings (SSSR count). The lowest BCUT2D eigenvalue weighted by molar-refractivity contribution is 0.432. The highest BCUT2D eigenvalue weighted by molar-refractivity contribution is 7.79. The molecule has 0 aliphatic heterocycles. The van der Waals surface area contributed by atoms with Crippen LogP contribution in [0.3, 0.4) is 0 Å². The molecular formula is C36H74P3+3. The summed E-state index contributed by atoms with van der Waals surface area (Å²) in [6, 6.07) is 0. The maximum Gasteiger partial charge on any atom is 0.0786 e. The third-order valence-electron chi connectivity index (χ3n) is 13.0. The zero-order valence-electron chi connectivity index (χ0n) is 28.6. The third-order valence-corrected chi connectivity index (χ3v) is 29.2. The summed E-state index contributed by atoms with van der Waals surface area (Å²) in [5, 5.41) is 0.596.